The fraction of sp³-hybridized carbons (Fsp3) is 0.524. The van der Waals surface area contributed by atoms with Crippen molar-refractivity contribution in [3.8, 4) is 0 Å². The Hall–Kier alpha value is -2.19. The largest absolute Gasteiger partial charge is 0.416 e. The third-order valence-corrected chi connectivity index (χ3v) is 5.94. The molecule has 5 nitrogen and oxygen atoms in total. The zero-order valence-corrected chi connectivity index (χ0v) is 16.3. The molecule has 8 heteroatoms. The average Bonchev–Trinajstić information content (AvgIpc) is 3.27. The Balaban J connectivity index is 1.41. The molecule has 0 bridgehead atoms. The average molecular weight is 407 g/mol. The van der Waals surface area contributed by atoms with Crippen molar-refractivity contribution in [3.05, 3.63) is 46.5 Å². The molecule has 0 N–H and O–H groups in total. The second-order valence-electron chi connectivity index (χ2n) is 7.80. The Morgan fingerprint density at radius 1 is 1.21 bits per heavy atom. The van der Waals surface area contributed by atoms with Gasteiger partial charge in [0.25, 0.3) is 5.91 Å². The summed E-state index contributed by atoms with van der Waals surface area (Å²) in [7, 11) is 1.64. The lowest BCUT2D eigenvalue weighted by Gasteiger charge is -2.33. The fourth-order valence-corrected chi connectivity index (χ4v) is 4.54. The van der Waals surface area contributed by atoms with Gasteiger partial charge >= 0.3 is 6.18 Å². The fourth-order valence-electron chi connectivity index (χ4n) is 4.54. The number of amides is 1. The molecular formula is C21H24F3N3O2. The first-order chi connectivity index (χ1) is 13.9. The number of ether oxygens (including phenoxy) is 1. The molecule has 3 heterocycles. The van der Waals surface area contributed by atoms with E-state index in [2.05, 4.69) is 9.89 Å². The van der Waals surface area contributed by atoms with E-state index in [4.69, 9.17) is 4.74 Å². The first-order valence-corrected chi connectivity index (χ1v) is 9.81. The van der Waals surface area contributed by atoms with E-state index in [0.29, 0.717) is 57.0 Å². The van der Waals surface area contributed by atoms with Gasteiger partial charge in [0, 0.05) is 33.3 Å². The third kappa shape index (κ3) is 3.96. The van der Waals surface area contributed by atoms with Crippen LogP contribution in [0.2, 0.25) is 0 Å². The summed E-state index contributed by atoms with van der Waals surface area (Å²) in [5, 5.41) is 0. The highest BCUT2D eigenvalue weighted by molar-refractivity contribution is 6.46. The van der Waals surface area contributed by atoms with Gasteiger partial charge in [-0.05, 0) is 41.5 Å². The van der Waals surface area contributed by atoms with Gasteiger partial charge in [-0.15, -0.1) is 0 Å². The maximum atomic E-state index is 13.3. The minimum Gasteiger partial charge on any atom is -0.369 e. The Morgan fingerprint density at radius 2 is 1.93 bits per heavy atom. The molecule has 156 valence electrons. The Morgan fingerprint density at radius 3 is 2.62 bits per heavy atom. The number of piperidine rings is 1. The Bertz CT molecular complexity index is 855. The number of alkyl halides is 3. The van der Waals surface area contributed by atoms with Crippen molar-refractivity contribution in [1.29, 1.82) is 0 Å². The van der Waals surface area contributed by atoms with Crippen molar-refractivity contribution in [2.45, 2.75) is 24.9 Å². The number of carbonyl (C=O) groups excluding carboxylic acids is 1. The van der Waals surface area contributed by atoms with Crippen molar-refractivity contribution < 1.29 is 22.7 Å². The summed E-state index contributed by atoms with van der Waals surface area (Å²) in [5.74, 6) is -0.294. The Labute approximate surface area is 167 Å². The van der Waals surface area contributed by atoms with E-state index < -0.39 is 11.7 Å². The predicted molar refractivity (Wildman–Crippen MR) is 103 cm³/mol. The van der Waals surface area contributed by atoms with Crippen LogP contribution in [0.15, 0.2) is 40.4 Å². The molecule has 3 aliphatic rings. The topological polar surface area (TPSA) is 45.1 Å². The molecule has 0 atom stereocenters. The van der Waals surface area contributed by atoms with E-state index in [1.54, 1.807) is 24.1 Å². The number of halogens is 3. The van der Waals surface area contributed by atoms with Crippen LogP contribution in [0.1, 0.15) is 29.9 Å². The molecule has 1 fully saturated rings. The van der Waals surface area contributed by atoms with Gasteiger partial charge in [0.05, 0.1) is 18.8 Å². The van der Waals surface area contributed by atoms with Crippen LogP contribution in [0.4, 0.5) is 13.2 Å². The molecule has 4 rings (SSSR count). The summed E-state index contributed by atoms with van der Waals surface area (Å²) >= 11 is 0. The molecule has 1 saturated heterocycles. The predicted octanol–water partition coefficient (Wildman–Crippen LogP) is 3.08. The van der Waals surface area contributed by atoms with Crippen molar-refractivity contribution in [1.82, 2.24) is 9.80 Å². The Kier molecular flexibility index (Phi) is 5.48. The van der Waals surface area contributed by atoms with Crippen molar-refractivity contribution in [3.63, 3.8) is 0 Å². The minimum atomic E-state index is -4.36. The number of likely N-dealkylation sites (tertiary alicyclic amines) is 1. The number of methoxy groups -OCH3 is 1. The first kappa shape index (κ1) is 20.1. The number of benzene rings is 1. The van der Waals surface area contributed by atoms with E-state index in [9.17, 15) is 18.0 Å². The zero-order valence-electron chi connectivity index (χ0n) is 16.3. The van der Waals surface area contributed by atoms with Gasteiger partial charge < -0.3 is 9.64 Å². The lowest BCUT2D eigenvalue weighted by molar-refractivity contribution is -0.138. The van der Waals surface area contributed by atoms with Crippen LogP contribution in [-0.2, 0) is 15.7 Å². The van der Waals surface area contributed by atoms with Gasteiger partial charge in [-0.1, -0.05) is 18.2 Å². The number of rotatable bonds is 4. The van der Waals surface area contributed by atoms with Gasteiger partial charge in [0.2, 0.25) is 0 Å². The molecule has 29 heavy (non-hydrogen) atoms. The van der Waals surface area contributed by atoms with E-state index in [1.165, 1.54) is 11.6 Å². The molecule has 0 aromatic heterocycles. The molecule has 1 aromatic rings. The van der Waals surface area contributed by atoms with Gasteiger partial charge in [0.1, 0.15) is 5.71 Å². The van der Waals surface area contributed by atoms with Crippen molar-refractivity contribution in [2.24, 2.45) is 4.99 Å². The lowest BCUT2D eigenvalue weighted by atomic mass is 9.86. The maximum Gasteiger partial charge on any atom is 0.416 e. The molecule has 1 amide bonds. The van der Waals surface area contributed by atoms with Gasteiger partial charge in [-0.25, -0.2) is 0 Å². The molecule has 0 aliphatic carbocycles. The zero-order chi connectivity index (χ0) is 20.6. The standard InChI is InChI=1S/C21H24F3N3O2/c1-29-13-26-11-15-10-25-19(17(15)12-26)20(28)27-8-6-14(7-9-27)16-4-2-3-5-18(16)21(22,23)24/h2-5,14H,6-13H2,1H3. The summed E-state index contributed by atoms with van der Waals surface area (Å²) in [4.78, 5) is 21.3. The summed E-state index contributed by atoms with van der Waals surface area (Å²) in [6.07, 6.45) is -3.32. The highest BCUT2D eigenvalue weighted by atomic mass is 19.4. The SMILES string of the molecule is COCN1CC2=C(C1)C(C(=O)N1CCC(c3ccccc3C(F)(F)F)CC1)=NC2. The van der Waals surface area contributed by atoms with Crippen LogP contribution >= 0.6 is 0 Å². The van der Waals surface area contributed by atoms with Crippen LogP contribution in [0.5, 0.6) is 0 Å². The van der Waals surface area contributed by atoms with Crippen molar-refractivity contribution >= 4 is 11.6 Å². The highest BCUT2D eigenvalue weighted by Gasteiger charge is 2.38. The van der Waals surface area contributed by atoms with Gasteiger partial charge in [-0.3, -0.25) is 14.7 Å². The molecule has 0 unspecified atom stereocenters. The molecule has 0 radical (unpaired) electrons. The van der Waals surface area contributed by atoms with Crippen LogP contribution in [0.25, 0.3) is 0 Å². The summed E-state index contributed by atoms with van der Waals surface area (Å²) in [6, 6.07) is 5.77. The van der Waals surface area contributed by atoms with E-state index in [0.717, 1.165) is 18.2 Å². The van der Waals surface area contributed by atoms with Crippen molar-refractivity contribution in [2.75, 3.05) is 46.6 Å². The molecular weight excluding hydrogens is 383 g/mol. The van der Waals surface area contributed by atoms with E-state index in [1.807, 2.05) is 0 Å². The van der Waals surface area contributed by atoms with Crippen LogP contribution in [0.3, 0.4) is 0 Å². The van der Waals surface area contributed by atoms with Gasteiger partial charge in [0.15, 0.2) is 0 Å². The first-order valence-electron chi connectivity index (χ1n) is 9.81. The third-order valence-electron chi connectivity index (χ3n) is 5.94. The normalized spacial score (nSPS) is 21.0. The van der Waals surface area contributed by atoms with E-state index in [-0.39, 0.29) is 11.8 Å². The minimum absolute atomic E-state index is 0.100. The van der Waals surface area contributed by atoms with Gasteiger partial charge in [-0.2, -0.15) is 13.2 Å². The second kappa shape index (κ2) is 7.91. The molecule has 3 aliphatic heterocycles. The molecule has 0 spiro atoms. The number of aliphatic imine (C=N–C) groups is 1. The smallest absolute Gasteiger partial charge is 0.369 e. The number of carbonyl (C=O) groups is 1. The molecule has 0 saturated carbocycles. The summed E-state index contributed by atoms with van der Waals surface area (Å²) in [5.41, 5.74) is 2.45. The molecule has 1 aromatic carbocycles. The summed E-state index contributed by atoms with van der Waals surface area (Å²) < 4.78 is 45.2. The second-order valence-corrected chi connectivity index (χ2v) is 7.80. The highest BCUT2D eigenvalue weighted by Crippen LogP contribution is 2.38. The maximum absolute atomic E-state index is 13.3. The number of hydrogen-bond donors (Lipinski definition) is 0. The van der Waals surface area contributed by atoms with E-state index >= 15 is 0 Å². The number of hydrogen-bond acceptors (Lipinski definition) is 4. The van der Waals surface area contributed by atoms with Crippen LogP contribution in [-0.4, -0.2) is 68.0 Å². The quantitative estimate of drug-likeness (QED) is 0.771. The summed E-state index contributed by atoms with van der Waals surface area (Å²) in [6.45, 7) is 3.37. The van der Waals surface area contributed by atoms with Crippen LogP contribution in [0, 0.1) is 0 Å². The number of nitrogens with zero attached hydrogens (tertiary/aromatic N) is 3. The monoisotopic (exact) mass is 407 g/mol. The lowest BCUT2D eigenvalue weighted by Crippen LogP contribution is -2.42. The van der Waals surface area contributed by atoms with Crippen LogP contribution < -0.4 is 0 Å².